The van der Waals surface area contributed by atoms with Crippen molar-refractivity contribution in [2.45, 2.75) is 6.54 Å². The van der Waals surface area contributed by atoms with Gasteiger partial charge >= 0.3 is 5.69 Å². The molecule has 0 atom stereocenters. The molecule has 0 radical (unpaired) electrons. The van der Waals surface area contributed by atoms with Crippen molar-refractivity contribution in [3.05, 3.63) is 49.5 Å². The highest BCUT2D eigenvalue weighted by atomic mass is 16.2. The highest BCUT2D eigenvalue weighted by molar-refractivity contribution is 5.85. The van der Waals surface area contributed by atoms with E-state index in [0.717, 1.165) is 4.57 Å². The van der Waals surface area contributed by atoms with Gasteiger partial charge in [0.15, 0.2) is 16.8 Å². The molecule has 4 heterocycles. The Hall–Kier alpha value is -3.27. The quantitative estimate of drug-likeness (QED) is 0.467. The lowest BCUT2D eigenvalue weighted by Gasteiger charge is -2.13. The maximum absolute atomic E-state index is 13.0. The summed E-state index contributed by atoms with van der Waals surface area (Å²) in [6.07, 6.45) is 1.56. The molecule has 4 aromatic rings. The molecule has 27 heavy (non-hydrogen) atoms. The molecule has 0 aliphatic carbocycles. The molecule has 4 rings (SSSR count). The van der Waals surface area contributed by atoms with Gasteiger partial charge in [0, 0.05) is 33.4 Å². The van der Waals surface area contributed by atoms with Crippen LogP contribution >= 0.6 is 0 Å². The van der Waals surface area contributed by atoms with Crippen LogP contribution in [0.15, 0.2) is 32.7 Å². The first-order valence-corrected chi connectivity index (χ1v) is 8.43. The van der Waals surface area contributed by atoms with E-state index >= 15 is 0 Å². The standard InChI is InChI=1S/C17H19N7O3/c1-20(2)8-9-23-14(25)10-6-5-7-18-12(10)24-11-13(19-16(23)24)21(3)17(27)22(4)15(11)26/h5-7H,8-9H2,1-4H3. The highest BCUT2D eigenvalue weighted by Gasteiger charge is 2.21. The summed E-state index contributed by atoms with van der Waals surface area (Å²) in [4.78, 5) is 48.9. The van der Waals surface area contributed by atoms with Gasteiger partial charge in [0.1, 0.15) is 0 Å². The summed E-state index contributed by atoms with van der Waals surface area (Å²) >= 11 is 0. The van der Waals surface area contributed by atoms with Crippen LogP contribution in [0.2, 0.25) is 0 Å². The lowest BCUT2D eigenvalue weighted by molar-refractivity contribution is 0.383. The molecule has 0 aromatic carbocycles. The first-order chi connectivity index (χ1) is 12.8. The van der Waals surface area contributed by atoms with Gasteiger partial charge in [0.2, 0.25) is 5.78 Å². The second-order valence-corrected chi connectivity index (χ2v) is 6.76. The van der Waals surface area contributed by atoms with Crippen LogP contribution in [0, 0.1) is 0 Å². The van der Waals surface area contributed by atoms with E-state index in [4.69, 9.17) is 0 Å². The van der Waals surface area contributed by atoms with Crippen molar-refractivity contribution in [2.75, 3.05) is 20.6 Å². The van der Waals surface area contributed by atoms with Crippen LogP contribution in [0.4, 0.5) is 0 Å². The van der Waals surface area contributed by atoms with Crippen LogP contribution in [0.5, 0.6) is 0 Å². The van der Waals surface area contributed by atoms with Gasteiger partial charge in [-0.25, -0.2) is 9.78 Å². The predicted molar refractivity (Wildman–Crippen MR) is 101 cm³/mol. The summed E-state index contributed by atoms with van der Waals surface area (Å²) in [6, 6.07) is 3.35. The number of hydrogen-bond acceptors (Lipinski definition) is 6. The maximum atomic E-state index is 13.0. The monoisotopic (exact) mass is 369 g/mol. The topological polar surface area (TPSA) is 99.4 Å². The number of likely N-dealkylation sites (N-methyl/N-ethyl adjacent to an activating group) is 1. The Balaban J connectivity index is 2.31. The summed E-state index contributed by atoms with van der Waals surface area (Å²) in [5, 5.41) is 0.388. The number of imidazole rings is 1. The number of rotatable bonds is 3. The SMILES string of the molecule is CN(C)CCn1c(=O)c2cccnc2n2c3c(=O)n(C)c(=O)n(C)c3nc12. The fourth-order valence-corrected chi connectivity index (χ4v) is 3.25. The zero-order chi connectivity index (χ0) is 19.5. The molecule has 0 saturated carbocycles. The molecule has 0 N–H and O–H groups in total. The van der Waals surface area contributed by atoms with Gasteiger partial charge in [-0.05, 0) is 26.2 Å². The first-order valence-electron chi connectivity index (χ1n) is 8.43. The highest BCUT2D eigenvalue weighted by Crippen LogP contribution is 2.16. The van der Waals surface area contributed by atoms with Crippen LogP contribution < -0.4 is 16.8 Å². The van der Waals surface area contributed by atoms with E-state index in [1.54, 1.807) is 29.8 Å². The lowest BCUT2D eigenvalue weighted by Crippen LogP contribution is -2.37. The number of hydrogen-bond donors (Lipinski definition) is 0. The molecule has 0 saturated heterocycles. The van der Waals surface area contributed by atoms with Crippen LogP contribution in [-0.4, -0.2) is 53.6 Å². The zero-order valence-corrected chi connectivity index (χ0v) is 15.5. The lowest BCUT2D eigenvalue weighted by atomic mass is 10.3. The van der Waals surface area contributed by atoms with E-state index in [1.807, 2.05) is 19.0 Å². The smallest absolute Gasteiger partial charge is 0.308 e. The van der Waals surface area contributed by atoms with E-state index in [0.29, 0.717) is 29.9 Å². The van der Waals surface area contributed by atoms with Crippen LogP contribution in [0.1, 0.15) is 0 Å². The minimum atomic E-state index is -0.481. The molecule has 10 heteroatoms. The number of pyridine rings is 1. The molecule has 0 aliphatic heterocycles. The molecule has 10 nitrogen and oxygen atoms in total. The Morgan fingerprint density at radius 2 is 1.78 bits per heavy atom. The Morgan fingerprint density at radius 1 is 1.04 bits per heavy atom. The number of nitrogens with zero attached hydrogens (tertiary/aromatic N) is 7. The van der Waals surface area contributed by atoms with Gasteiger partial charge in [-0.2, -0.15) is 4.98 Å². The second-order valence-electron chi connectivity index (χ2n) is 6.76. The number of aromatic nitrogens is 6. The number of aryl methyl sites for hydroxylation is 1. The van der Waals surface area contributed by atoms with E-state index in [-0.39, 0.29) is 16.7 Å². The van der Waals surface area contributed by atoms with Gasteiger partial charge in [-0.1, -0.05) is 0 Å². The Bertz CT molecular complexity index is 1390. The average molecular weight is 369 g/mol. The van der Waals surface area contributed by atoms with Crippen molar-refractivity contribution in [3.8, 4) is 0 Å². The largest absolute Gasteiger partial charge is 0.332 e. The minimum absolute atomic E-state index is 0.219. The molecule has 0 fully saturated rings. The predicted octanol–water partition coefficient (Wildman–Crippen LogP) is -0.844. The van der Waals surface area contributed by atoms with Crippen molar-refractivity contribution >= 4 is 28.0 Å². The van der Waals surface area contributed by atoms with Crippen molar-refractivity contribution in [3.63, 3.8) is 0 Å². The van der Waals surface area contributed by atoms with Crippen LogP contribution in [-0.2, 0) is 20.6 Å². The molecular formula is C17H19N7O3. The molecule has 0 unspecified atom stereocenters. The minimum Gasteiger partial charge on any atom is -0.308 e. The molecule has 0 amide bonds. The fourth-order valence-electron chi connectivity index (χ4n) is 3.25. The molecule has 0 aliphatic rings. The summed E-state index contributed by atoms with van der Waals surface area (Å²) in [5.41, 5.74) is -0.404. The fraction of sp³-hybridized carbons (Fsp3) is 0.353. The van der Waals surface area contributed by atoms with E-state index in [1.165, 1.54) is 16.2 Å². The normalized spacial score (nSPS) is 12.0. The summed E-state index contributed by atoms with van der Waals surface area (Å²) in [6.45, 7) is 0.999. The second kappa shape index (κ2) is 5.88. The van der Waals surface area contributed by atoms with Crippen molar-refractivity contribution in [1.29, 1.82) is 0 Å². The molecule has 0 spiro atoms. The Labute approximate surface area is 152 Å². The van der Waals surface area contributed by atoms with E-state index in [9.17, 15) is 14.4 Å². The van der Waals surface area contributed by atoms with Crippen molar-refractivity contribution in [1.82, 2.24) is 33.0 Å². The third-order valence-corrected chi connectivity index (χ3v) is 4.73. The van der Waals surface area contributed by atoms with Gasteiger partial charge in [0.05, 0.1) is 5.39 Å². The van der Waals surface area contributed by atoms with E-state index in [2.05, 4.69) is 9.97 Å². The van der Waals surface area contributed by atoms with Crippen LogP contribution in [0.25, 0.3) is 28.0 Å². The maximum Gasteiger partial charge on any atom is 0.332 e. The van der Waals surface area contributed by atoms with E-state index < -0.39 is 11.2 Å². The van der Waals surface area contributed by atoms with Gasteiger partial charge in [-0.15, -0.1) is 0 Å². The average Bonchev–Trinajstić information content (AvgIpc) is 3.05. The zero-order valence-electron chi connectivity index (χ0n) is 15.5. The van der Waals surface area contributed by atoms with Crippen molar-refractivity contribution in [2.24, 2.45) is 14.1 Å². The summed E-state index contributed by atoms with van der Waals surface area (Å²) < 4.78 is 5.43. The molecule has 4 aromatic heterocycles. The first kappa shape index (κ1) is 17.2. The number of fused-ring (bicyclic) bond motifs is 5. The molecule has 140 valence electrons. The summed E-state index contributed by atoms with van der Waals surface area (Å²) in [5.74, 6) is 0.293. The Morgan fingerprint density at radius 3 is 2.48 bits per heavy atom. The van der Waals surface area contributed by atoms with Crippen LogP contribution in [0.3, 0.4) is 0 Å². The molecular weight excluding hydrogens is 350 g/mol. The molecule has 0 bridgehead atoms. The Kier molecular flexibility index (Phi) is 3.74. The van der Waals surface area contributed by atoms with Gasteiger partial charge in [-0.3, -0.25) is 27.7 Å². The van der Waals surface area contributed by atoms with Gasteiger partial charge in [0.25, 0.3) is 11.1 Å². The third-order valence-electron chi connectivity index (χ3n) is 4.73. The van der Waals surface area contributed by atoms with Gasteiger partial charge < -0.3 is 4.90 Å². The van der Waals surface area contributed by atoms with Crippen molar-refractivity contribution < 1.29 is 0 Å². The third kappa shape index (κ3) is 2.33. The summed E-state index contributed by atoms with van der Waals surface area (Å²) in [7, 11) is 6.79.